The number of aromatic nitrogens is 1. The van der Waals surface area contributed by atoms with Crippen molar-refractivity contribution in [1.29, 1.82) is 0 Å². The predicted octanol–water partition coefficient (Wildman–Crippen LogP) is 2.85. The van der Waals surface area contributed by atoms with E-state index < -0.39 is 17.8 Å². The first-order valence-electron chi connectivity index (χ1n) is 4.81. The van der Waals surface area contributed by atoms with Gasteiger partial charge >= 0.3 is 6.18 Å². The van der Waals surface area contributed by atoms with Crippen LogP contribution in [0.1, 0.15) is 24.1 Å². The van der Waals surface area contributed by atoms with E-state index in [1.54, 1.807) is 0 Å². The highest BCUT2D eigenvalue weighted by molar-refractivity contribution is 7.99. The van der Waals surface area contributed by atoms with Gasteiger partial charge in [-0.05, 0) is 11.8 Å². The third-order valence-corrected chi connectivity index (χ3v) is 3.06. The summed E-state index contributed by atoms with van der Waals surface area (Å²) in [6.07, 6.45) is -2.04. The van der Waals surface area contributed by atoms with Crippen LogP contribution in [0.5, 0.6) is 0 Å². The van der Waals surface area contributed by atoms with Gasteiger partial charge in [-0.15, -0.1) is 0 Å². The summed E-state index contributed by atoms with van der Waals surface area (Å²) >= 11 is 1.51. The van der Waals surface area contributed by atoms with Crippen LogP contribution >= 0.6 is 11.8 Å². The van der Waals surface area contributed by atoms with Crippen molar-refractivity contribution in [3.63, 3.8) is 0 Å². The molecule has 1 aromatic rings. The lowest BCUT2D eigenvalue weighted by molar-refractivity contribution is -0.138. The number of hydrogen-bond donors (Lipinski definition) is 1. The first-order valence-corrected chi connectivity index (χ1v) is 5.96. The maximum atomic E-state index is 12.6. The van der Waals surface area contributed by atoms with E-state index in [1.165, 1.54) is 18.0 Å². The van der Waals surface area contributed by atoms with Crippen LogP contribution in [0.2, 0.25) is 0 Å². The third-order valence-electron chi connectivity index (χ3n) is 2.06. The molecular weight excluding hydrogens is 237 g/mol. The first kappa shape index (κ1) is 13.3. The van der Waals surface area contributed by atoms with E-state index in [-0.39, 0.29) is 5.56 Å². The van der Waals surface area contributed by atoms with Gasteiger partial charge in [0.15, 0.2) is 0 Å². The van der Waals surface area contributed by atoms with Crippen LogP contribution in [0.15, 0.2) is 18.5 Å². The van der Waals surface area contributed by atoms with Crippen LogP contribution in [-0.4, -0.2) is 16.5 Å². The molecular formula is C10H13F3N2S. The van der Waals surface area contributed by atoms with E-state index in [9.17, 15) is 13.2 Å². The third kappa shape index (κ3) is 3.38. The second-order valence-electron chi connectivity index (χ2n) is 3.23. The Kier molecular flexibility index (Phi) is 4.61. The summed E-state index contributed by atoms with van der Waals surface area (Å²) in [6.45, 7) is 1.94. The molecule has 0 bridgehead atoms. The number of halogens is 3. The molecule has 2 nitrogen and oxygen atoms in total. The largest absolute Gasteiger partial charge is 0.416 e. The average molecular weight is 250 g/mol. The van der Waals surface area contributed by atoms with E-state index in [1.807, 2.05) is 6.92 Å². The molecule has 6 heteroatoms. The van der Waals surface area contributed by atoms with Crippen LogP contribution in [0.25, 0.3) is 0 Å². The van der Waals surface area contributed by atoms with Crippen LogP contribution < -0.4 is 5.73 Å². The minimum absolute atomic E-state index is 0.0657. The molecule has 0 saturated heterocycles. The van der Waals surface area contributed by atoms with E-state index >= 15 is 0 Å². The molecule has 1 aromatic heterocycles. The van der Waals surface area contributed by atoms with Crippen molar-refractivity contribution < 1.29 is 13.2 Å². The number of nitrogens with two attached hydrogens (primary N) is 1. The smallest absolute Gasteiger partial charge is 0.323 e. The molecule has 1 unspecified atom stereocenters. The Morgan fingerprint density at radius 1 is 1.50 bits per heavy atom. The number of hydrogen-bond acceptors (Lipinski definition) is 3. The molecule has 0 fully saturated rings. The molecule has 0 radical (unpaired) electrons. The van der Waals surface area contributed by atoms with E-state index in [0.717, 1.165) is 18.0 Å². The molecule has 2 N–H and O–H groups in total. The van der Waals surface area contributed by atoms with Gasteiger partial charge in [0.05, 0.1) is 5.56 Å². The maximum Gasteiger partial charge on any atom is 0.416 e. The van der Waals surface area contributed by atoms with E-state index in [4.69, 9.17) is 5.73 Å². The normalized spacial score (nSPS) is 13.8. The number of thioether (sulfide) groups is 1. The zero-order chi connectivity index (χ0) is 12.2. The minimum Gasteiger partial charge on any atom is -0.323 e. The number of pyridine rings is 1. The fourth-order valence-corrected chi connectivity index (χ4v) is 1.96. The lowest BCUT2D eigenvalue weighted by Crippen LogP contribution is -2.19. The molecule has 1 atom stereocenters. The average Bonchev–Trinajstić information content (AvgIpc) is 2.24. The van der Waals surface area contributed by atoms with Gasteiger partial charge in [-0.25, -0.2) is 0 Å². The molecule has 1 rings (SSSR count). The molecule has 0 aliphatic carbocycles. The lowest BCUT2D eigenvalue weighted by atomic mass is 10.0. The Labute approximate surface area is 96.4 Å². The number of alkyl halides is 3. The van der Waals surface area contributed by atoms with Gasteiger partial charge in [0.2, 0.25) is 0 Å². The van der Waals surface area contributed by atoms with Gasteiger partial charge in [0.1, 0.15) is 0 Å². The van der Waals surface area contributed by atoms with Gasteiger partial charge in [-0.3, -0.25) is 4.98 Å². The van der Waals surface area contributed by atoms with E-state index in [2.05, 4.69) is 4.98 Å². The maximum absolute atomic E-state index is 12.6. The predicted molar refractivity (Wildman–Crippen MR) is 59.2 cm³/mol. The van der Waals surface area contributed by atoms with Crippen molar-refractivity contribution >= 4 is 11.8 Å². The summed E-state index contributed by atoms with van der Waals surface area (Å²) in [7, 11) is 0. The molecule has 90 valence electrons. The molecule has 0 amide bonds. The molecule has 0 aliphatic rings. The van der Waals surface area contributed by atoms with Crippen molar-refractivity contribution in [2.75, 3.05) is 11.5 Å². The Morgan fingerprint density at radius 3 is 2.75 bits per heavy atom. The van der Waals surface area contributed by atoms with Crippen LogP contribution in [0.4, 0.5) is 13.2 Å². The van der Waals surface area contributed by atoms with Crippen molar-refractivity contribution in [3.05, 3.63) is 29.6 Å². The van der Waals surface area contributed by atoms with Gasteiger partial charge in [-0.1, -0.05) is 6.92 Å². The van der Waals surface area contributed by atoms with Gasteiger partial charge in [0, 0.05) is 29.8 Å². The van der Waals surface area contributed by atoms with Crippen molar-refractivity contribution in [1.82, 2.24) is 4.98 Å². The van der Waals surface area contributed by atoms with Crippen molar-refractivity contribution in [2.45, 2.75) is 19.1 Å². The van der Waals surface area contributed by atoms with E-state index in [0.29, 0.717) is 5.75 Å². The second kappa shape index (κ2) is 5.54. The first-order chi connectivity index (χ1) is 7.46. The van der Waals surface area contributed by atoms with Gasteiger partial charge in [0.25, 0.3) is 0 Å². The molecule has 16 heavy (non-hydrogen) atoms. The Morgan fingerprint density at radius 2 is 2.19 bits per heavy atom. The SMILES string of the molecule is CCSCC(N)c1cnccc1C(F)(F)F. The highest BCUT2D eigenvalue weighted by Gasteiger charge is 2.34. The minimum atomic E-state index is -4.37. The van der Waals surface area contributed by atoms with Crippen LogP contribution in [0.3, 0.4) is 0 Å². The summed E-state index contributed by atoms with van der Waals surface area (Å²) in [5, 5.41) is 0. The van der Waals surface area contributed by atoms with Gasteiger partial charge < -0.3 is 5.73 Å². The molecule has 0 spiro atoms. The second-order valence-corrected chi connectivity index (χ2v) is 4.55. The summed E-state index contributed by atoms with van der Waals surface area (Å²) in [5.41, 5.74) is 5.10. The summed E-state index contributed by atoms with van der Waals surface area (Å²) in [4.78, 5) is 3.70. The quantitative estimate of drug-likeness (QED) is 0.893. The van der Waals surface area contributed by atoms with Crippen molar-refractivity contribution in [2.24, 2.45) is 5.73 Å². The Balaban J connectivity index is 2.94. The Hall–Kier alpha value is -0.750. The zero-order valence-corrected chi connectivity index (χ0v) is 9.61. The molecule has 1 heterocycles. The fourth-order valence-electron chi connectivity index (χ4n) is 1.29. The monoisotopic (exact) mass is 250 g/mol. The fraction of sp³-hybridized carbons (Fsp3) is 0.500. The summed E-state index contributed by atoms with van der Waals surface area (Å²) in [5.74, 6) is 1.29. The Bertz CT molecular complexity index is 341. The molecule has 0 aliphatic heterocycles. The van der Waals surface area contributed by atoms with Crippen LogP contribution in [-0.2, 0) is 6.18 Å². The summed E-state index contributed by atoms with van der Waals surface area (Å²) < 4.78 is 37.9. The zero-order valence-electron chi connectivity index (χ0n) is 8.79. The topological polar surface area (TPSA) is 38.9 Å². The highest BCUT2D eigenvalue weighted by atomic mass is 32.2. The number of nitrogens with zero attached hydrogens (tertiary/aromatic N) is 1. The standard InChI is InChI=1S/C10H13F3N2S/c1-2-16-6-9(14)7-5-15-4-3-8(7)10(11,12)13/h3-5,9H,2,6,14H2,1H3. The summed E-state index contributed by atoms with van der Waals surface area (Å²) in [6, 6.07) is 0.335. The molecule has 0 saturated carbocycles. The highest BCUT2D eigenvalue weighted by Crippen LogP contribution is 2.34. The van der Waals surface area contributed by atoms with Crippen molar-refractivity contribution in [3.8, 4) is 0 Å². The number of rotatable bonds is 4. The molecule has 0 aromatic carbocycles. The van der Waals surface area contributed by atoms with Crippen LogP contribution in [0, 0.1) is 0 Å². The lowest BCUT2D eigenvalue weighted by Gasteiger charge is -2.17. The van der Waals surface area contributed by atoms with Gasteiger partial charge in [-0.2, -0.15) is 24.9 Å².